The molecule has 0 radical (unpaired) electrons. The number of hydrogen-bond donors (Lipinski definition) is 3. The van der Waals surface area contributed by atoms with E-state index in [-0.39, 0.29) is 12.5 Å². The third-order valence-corrected chi connectivity index (χ3v) is 2.62. The number of nitrogen functional groups attached to an aromatic ring is 1. The number of benzene rings is 1. The highest BCUT2D eigenvalue weighted by molar-refractivity contribution is 5.95. The second-order valence-electron chi connectivity index (χ2n) is 4.11. The molecule has 1 atom stereocenters. The second-order valence-corrected chi connectivity index (χ2v) is 4.11. The lowest BCUT2D eigenvalue weighted by Crippen LogP contribution is -2.32. The minimum absolute atomic E-state index is 0.247. The van der Waals surface area contributed by atoms with Crippen molar-refractivity contribution >= 4 is 11.6 Å². The molecular formula is C13H20N2O3. The highest BCUT2D eigenvalue weighted by Gasteiger charge is 2.10. The van der Waals surface area contributed by atoms with Crippen molar-refractivity contribution in [2.24, 2.45) is 0 Å². The fraction of sp³-hybridized carbons (Fsp3) is 0.462. The molecule has 0 spiro atoms. The Bertz CT molecular complexity index is 407. The van der Waals surface area contributed by atoms with E-state index < -0.39 is 6.10 Å². The van der Waals surface area contributed by atoms with Crippen molar-refractivity contribution in [2.45, 2.75) is 25.9 Å². The largest absolute Gasteiger partial charge is 0.495 e. The molecule has 0 bridgehead atoms. The molecule has 0 aromatic heterocycles. The van der Waals surface area contributed by atoms with Gasteiger partial charge in [-0.2, -0.15) is 0 Å². The highest BCUT2D eigenvalue weighted by Crippen LogP contribution is 2.21. The predicted molar refractivity (Wildman–Crippen MR) is 70.7 cm³/mol. The third kappa shape index (κ3) is 3.92. The van der Waals surface area contributed by atoms with Crippen molar-refractivity contribution in [3.63, 3.8) is 0 Å². The standard InChI is InChI=1S/C13H20N2O3/c1-3-4-10(16)8-15-13(17)9-5-6-11(14)12(7-9)18-2/h5-7,10,16H,3-4,8,14H2,1-2H3,(H,15,17). The lowest BCUT2D eigenvalue weighted by Gasteiger charge is -2.11. The molecule has 100 valence electrons. The van der Waals surface area contributed by atoms with Gasteiger partial charge in [0.25, 0.3) is 5.91 Å². The topological polar surface area (TPSA) is 84.6 Å². The Labute approximate surface area is 107 Å². The zero-order valence-electron chi connectivity index (χ0n) is 10.8. The number of rotatable bonds is 6. The zero-order chi connectivity index (χ0) is 13.5. The molecule has 4 N–H and O–H groups in total. The van der Waals surface area contributed by atoms with Gasteiger partial charge >= 0.3 is 0 Å². The van der Waals surface area contributed by atoms with Crippen LogP contribution in [0.2, 0.25) is 0 Å². The number of nitrogens with one attached hydrogen (secondary N) is 1. The lowest BCUT2D eigenvalue weighted by atomic mass is 10.1. The Balaban J connectivity index is 2.61. The molecule has 0 fully saturated rings. The van der Waals surface area contributed by atoms with Crippen LogP contribution in [0.4, 0.5) is 5.69 Å². The minimum Gasteiger partial charge on any atom is -0.495 e. The van der Waals surface area contributed by atoms with Gasteiger partial charge in [0.05, 0.1) is 18.9 Å². The van der Waals surface area contributed by atoms with Crippen LogP contribution < -0.4 is 15.8 Å². The lowest BCUT2D eigenvalue weighted by molar-refractivity contribution is 0.0910. The molecule has 0 aliphatic heterocycles. The van der Waals surface area contributed by atoms with Crippen LogP contribution in [-0.2, 0) is 0 Å². The second kappa shape index (κ2) is 6.86. The van der Waals surface area contributed by atoms with E-state index in [2.05, 4.69) is 5.32 Å². The van der Waals surface area contributed by atoms with Gasteiger partial charge in [-0.05, 0) is 24.6 Å². The van der Waals surface area contributed by atoms with E-state index in [1.165, 1.54) is 7.11 Å². The summed E-state index contributed by atoms with van der Waals surface area (Å²) in [6.07, 6.45) is 1.05. The molecule has 1 aromatic rings. The maximum Gasteiger partial charge on any atom is 0.251 e. The monoisotopic (exact) mass is 252 g/mol. The molecule has 0 aliphatic carbocycles. The van der Waals surface area contributed by atoms with E-state index in [9.17, 15) is 9.90 Å². The number of anilines is 1. The quantitative estimate of drug-likeness (QED) is 0.663. The summed E-state index contributed by atoms with van der Waals surface area (Å²) >= 11 is 0. The van der Waals surface area contributed by atoms with Crippen LogP contribution in [0.15, 0.2) is 18.2 Å². The fourth-order valence-electron chi connectivity index (χ4n) is 1.60. The van der Waals surface area contributed by atoms with Crippen LogP contribution in [-0.4, -0.2) is 30.8 Å². The molecule has 1 aromatic carbocycles. The van der Waals surface area contributed by atoms with Crippen molar-refractivity contribution in [1.82, 2.24) is 5.32 Å². The smallest absolute Gasteiger partial charge is 0.251 e. The molecule has 0 saturated heterocycles. The Morgan fingerprint density at radius 2 is 2.28 bits per heavy atom. The number of carbonyl (C=O) groups is 1. The van der Waals surface area contributed by atoms with Crippen molar-refractivity contribution in [1.29, 1.82) is 0 Å². The SMILES string of the molecule is CCCC(O)CNC(=O)c1ccc(N)c(OC)c1. The van der Waals surface area contributed by atoms with Gasteiger partial charge in [-0.3, -0.25) is 4.79 Å². The first kappa shape index (κ1) is 14.3. The molecule has 0 saturated carbocycles. The van der Waals surface area contributed by atoms with E-state index in [0.29, 0.717) is 23.4 Å². The van der Waals surface area contributed by atoms with Crippen LogP contribution in [0.1, 0.15) is 30.1 Å². The fourth-order valence-corrected chi connectivity index (χ4v) is 1.60. The average Bonchev–Trinajstić information content (AvgIpc) is 2.37. The van der Waals surface area contributed by atoms with E-state index in [1.54, 1.807) is 18.2 Å². The van der Waals surface area contributed by atoms with Crippen molar-refractivity contribution < 1.29 is 14.6 Å². The first-order chi connectivity index (χ1) is 8.58. The van der Waals surface area contributed by atoms with Crippen molar-refractivity contribution in [3.8, 4) is 5.75 Å². The number of carbonyl (C=O) groups excluding carboxylic acids is 1. The van der Waals surface area contributed by atoms with E-state index >= 15 is 0 Å². The van der Waals surface area contributed by atoms with Crippen LogP contribution >= 0.6 is 0 Å². The Morgan fingerprint density at radius 3 is 2.89 bits per heavy atom. The summed E-state index contributed by atoms with van der Waals surface area (Å²) in [5.41, 5.74) is 6.61. The highest BCUT2D eigenvalue weighted by atomic mass is 16.5. The summed E-state index contributed by atoms with van der Waals surface area (Å²) in [6, 6.07) is 4.83. The third-order valence-electron chi connectivity index (χ3n) is 2.62. The van der Waals surface area contributed by atoms with Gasteiger partial charge in [-0.1, -0.05) is 13.3 Å². The molecule has 5 nitrogen and oxygen atoms in total. The Morgan fingerprint density at radius 1 is 1.56 bits per heavy atom. The summed E-state index contributed by atoms with van der Waals surface area (Å²) in [5.74, 6) is 0.222. The first-order valence-corrected chi connectivity index (χ1v) is 5.98. The number of aliphatic hydroxyl groups excluding tert-OH is 1. The maximum absolute atomic E-state index is 11.8. The van der Waals surface area contributed by atoms with Gasteiger partial charge in [0.1, 0.15) is 5.75 Å². The van der Waals surface area contributed by atoms with Gasteiger partial charge in [0.2, 0.25) is 0 Å². The number of ether oxygens (including phenoxy) is 1. The summed E-state index contributed by atoms with van der Waals surface area (Å²) in [4.78, 5) is 11.8. The number of methoxy groups -OCH3 is 1. The number of amides is 1. The summed E-state index contributed by atoms with van der Waals surface area (Å²) < 4.78 is 5.05. The van der Waals surface area contributed by atoms with Gasteiger partial charge in [-0.15, -0.1) is 0 Å². The molecular weight excluding hydrogens is 232 g/mol. The molecule has 0 aliphatic rings. The van der Waals surface area contributed by atoms with E-state index in [1.807, 2.05) is 6.92 Å². The van der Waals surface area contributed by atoms with Crippen LogP contribution in [0.5, 0.6) is 5.75 Å². The van der Waals surface area contributed by atoms with Crippen molar-refractivity contribution in [2.75, 3.05) is 19.4 Å². The van der Waals surface area contributed by atoms with Crippen molar-refractivity contribution in [3.05, 3.63) is 23.8 Å². The number of aliphatic hydroxyl groups is 1. The molecule has 1 unspecified atom stereocenters. The van der Waals surface area contributed by atoms with Crippen LogP contribution in [0.3, 0.4) is 0 Å². The summed E-state index contributed by atoms with van der Waals surface area (Å²) in [5, 5.41) is 12.2. The molecule has 18 heavy (non-hydrogen) atoms. The van der Waals surface area contributed by atoms with Gasteiger partial charge in [-0.25, -0.2) is 0 Å². The summed E-state index contributed by atoms with van der Waals surface area (Å²) in [7, 11) is 1.50. The molecule has 1 amide bonds. The van der Waals surface area contributed by atoms with Gasteiger partial charge in [0, 0.05) is 12.1 Å². The van der Waals surface area contributed by atoms with Crippen LogP contribution in [0, 0.1) is 0 Å². The number of hydrogen-bond acceptors (Lipinski definition) is 4. The molecule has 1 rings (SSSR count). The summed E-state index contributed by atoms with van der Waals surface area (Å²) in [6.45, 7) is 2.23. The zero-order valence-corrected chi connectivity index (χ0v) is 10.8. The average molecular weight is 252 g/mol. The Kier molecular flexibility index (Phi) is 5.45. The normalized spacial score (nSPS) is 11.9. The van der Waals surface area contributed by atoms with Gasteiger partial charge in [0.15, 0.2) is 0 Å². The Hall–Kier alpha value is -1.75. The van der Waals surface area contributed by atoms with Crippen LogP contribution in [0.25, 0.3) is 0 Å². The van der Waals surface area contributed by atoms with E-state index in [0.717, 1.165) is 6.42 Å². The van der Waals surface area contributed by atoms with E-state index in [4.69, 9.17) is 10.5 Å². The molecule has 0 heterocycles. The maximum atomic E-state index is 11.8. The number of nitrogens with two attached hydrogens (primary N) is 1. The van der Waals surface area contributed by atoms with Gasteiger partial charge < -0.3 is 20.9 Å². The predicted octanol–water partition coefficient (Wildman–Crippen LogP) is 1.17. The minimum atomic E-state index is -0.505. The molecule has 5 heteroatoms. The first-order valence-electron chi connectivity index (χ1n) is 5.98.